The number of aromatic nitrogens is 7. The lowest BCUT2D eigenvalue weighted by Crippen LogP contribution is -2.50. The van der Waals surface area contributed by atoms with E-state index in [1.807, 2.05) is 65.1 Å². The molecule has 1 aromatic carbocycles. The van der Waals surface area contributed by atoms with Crippen LogP contribution >= 0.6 is 11.6 Å². The molecule has 4 aromatic heterocycles. The second kappa shape index (κ2) is 16.6. The average molecular weight is 785 g/mol. The Morgan fingerprint density at radius 2 is 1.66 bits per heavy atom. The lowest BCUT2D eigenvalue weighted by Gasteiger charge is -2.33. The van der Waals surface area contributed by atoms with Gasteiger partial charge >= 0.3 is 6.03 Å². The van der Waals surface area contributed by atoms with Crippen molar-refractivity contribution in [1.29, 1.82) is 0 Å². The lowest BCUT2D eigenvalue weighted by atomic mass is 10.1. The maximum atomic E-state index is 13.2. The van der Waals surface area contributed by atoms with Gasteiger partial charge in [-0.25, -0.2) is 14.8 Å². The number of carbonyl (C=O) groups is 1. The van der Waals surface area contributed by atoms with Crippen LogP contribution in [0.5, 0.6) is 0 Å². The third-order valence-electron chi connectivity index (χ3n) is 11.3. The summed E-state index contributed by atoms with van der Waals surface area (Å²) in [6.07, 6.45) is 7.27. The summed E-state index contributed by atoms with van der Waals surface area (Å²) in [5.41, 5.74) is 3.09. The molecule has 16 nitrogen and oxygen atoms in total. The standard InChI is InChI=1S/C39H49ClN12O4/c1-2-24-19-42-52(20-24)30-18-29(34(54)35(30)55)51-23-41-33-36(43-28(22-53)17-25-7-4-3-5-8-25)47-38(48-37(33)51)50-16-13-27(21-50)45-39(56)44-26-11-14-49(15-12-26)32-10-6-9-31(40)46-32/h3-10,19-20,23,26-30,34-35,53-55H,2,11-18,21-22H2,1H3,(H,43,47,48)(H2,44,45,56)/t27-,28-,29+,30-,34-,35+/m0/s1. The van der Waals surface area contributed by atoms with Crippen molar-refractivity contribution in [2.75, 3.05) is 47.9 Å². The van der Waals surface area contributed by atoms with Crippen LogP contribution in [0, 0.1) is 0 Å². The SMILES string of the molecule is CCc1cnn([C@H]2C[C@@H](n3cnc4c(N[C@H](CO)Cc5ccccc5)nc(N5CC[C@H](NC(=O)NC6CCN(c7cccc(Cl)n7)CC6)C5)nc43)[C@H](O)[C@@H]2O)c1. The Morgan fingerprint density at radius 1 is 0.911 bits per heavy atom. The second-order valence-electron chi connectivity index (χ2n) is 15.1. The molecule has 0 bridgehead atoms. The quantitative estimate of drug-likeness (QED) is 0.101. The molecule has 6 atom stereocenters. The first-order valence-electron chi connectivity index (χ1n) is 19.5. The number of piperidine rings is 1. The minimum atomic E-state index is -1.09. The number of anilines is 3. The Balaban J connectivity index is 0.989. The smallest absolute Gasteiger partial charge is 0.315 e. The van der Waals surface area contributed by atoms with Crippen LogP contribution in [0.4, 0.5) is 22.4 Å². The van der Waals surface area contributed by atoms with Crippen LogP contribution in [0.2, 0.25) is 5.15 Å². The summed E-state index contributed by atoms with van der Waals surface area (Å²) in [4.78, 5) is 36.5. The molecule has 56 heavy (non-hydrogen) atoms. The van der Waals surface area contributed by atoms with Gasteiger partial charge in [0.2, 0.25) is 5.95 Å². The molecule has 1 saturated carbocycles. The van der Waals surface area contributed by atoms with Gasteiger partial charge in [-0.2, -0.15) is 15.1 Å². The zero-order valence-electron chi connectivity index (χ0n) is 31.3. The molecular formula is C39H49ClN12O4. The number of amides is 2. The number of hydrogen-bond donors (Lipinski definition) is 6. The van der Waals surface area contributed by atoms with Crippen LogP contribution in [0.25, 0.3) is 11.2 Å². The molecule has 3 aliphatic rings. The fraction of sp³-hybridized carbons (Fsp3) is 0.487. The highest BCUT2D eigenvalue weighted by Gasteiger charge is 2.45. The van der Waals surface area contributed by atoms with Crippen LogP contribution in [-0.2, 0) is 12.8 Å². The first-order valence-corrected chi connectivity index (χ1v) is 19.9. The van der Waals surface area contributed by atoms with Gasteiger partial charge in [-0.15, -0.1) is 0 Å². The summed E-state index contributed by atoms with van der Waals surface area (Å²) < 4.78 is 3.56. The predicted octanol–water partition coefficient (Wildman–Crippen LogP) is 3.10. The number of nitrogens with zero attached hydrogens (tertiary/aromatic N) is 9. The summed E-state index contributed by atoms with van der Waals surface area (Å²) in [5.74, 6) is 1.74. The van der Waals surface area contributed by atoms with E-state index in [2.05, 4.69) is 30.9 Å². The zero-order chi connectivity index (χ0) is 38.8. The van der Waals surface area contributed by atoms with E-state index >= 15 is 0 Å². The number of aliphatic hydroxyl groups is 3. The molecule has 0 unspecified atom stereocenters. The number of aliphatic hydroxyl groups excluding tert-OH is 3. The van der Waals surface area contributed by atoms with Crippen molar-refractivity contribution in [3.63, 3.8) is 0 Å². The number of nitrogens with one attached hydrogen (secondary N) is 3. The van der Waals surface area contributed by atoms with Crippen LogP contribution < -0.4 is 25.8 Å². The summed E-state index contributed by atoms with van der Waals surface area (Å²) in [6.45, 7) is 4.54. The second-order valence-corrected chi connectivity index (χ2v) is 15.5. The predicted molar refractivity (Wildman–Crippen MR) is 213 cm³/mol. The van der Waals surface area contributed by atoms with Crippen molar-refractivity contribution in [2.45, 2.75) is 87.9 Å². The van der Waals surface area contributed by atoms with Gasteiger partial charge < -0.3 is 45.6 Å². The van der Waals surface area contributed by atoms with Gasteiger partial charge in [-0.3, -0.25) is 4.68 Å². The van der Waals surface area contributed by atoms with Crippen LogP contribution in [0.15, 0.2) is 67.3 Å². The number of imidazole rings is 1. The fourth-order valence-corrected chi connectivity index (χ4v) is 8.37. The first-order chi connectivity index (χ1) is 27.3. The maximum absolute atomic E-state index is 13.2. The highest BCUT2D eigenvalue weighted by molar-refractivity contribution is 6.29. The van der Waals surface area contributed by atoms with Crippen LogP contribution in [-0.4, -0.2) is 119 Å². The van der Waals surface area contributed by atoms with E-state index in [9.17, 15) is 20.1 Å². The van der Waals surface area contributed by atoms with Gasteiger partial charge in [0, 0.05) is 44.5 Å². The molecule has 6 heterocycles. The molecule has 5 aromatic rings. The van der Waals surface area contributed by atoms with Crippen molar-refractivity contribution in [2.24, 2.45) is 0 Å². The molecule has 0 radical (unpaired) electrons. The van der Waals surface area contributed by atoms with Gasteiger partial charge in [0.05, 0.1) is 37.3 Å². The highest BCUT2D eigenvalue weighted by atomic mass is 35.5. The molecule has 2 saturated heterocycles. The number of halogens is 1. The number of aryl methyl sites for hydroxylation is 1. The molecule has 296 valence electrons. The summed E-state index contributed by atoms with van der Waals surface area (Å²) >= 11 is 6.09. The molecule has 8 rings (SSSR count). The van der Waals surface area contributed by atoms with E-state index in [-0.39, 0.29) is 30.8 Å². The molecule has 0 spiro atoms. The summed E-state index contributed by atoms with van der Waals surface area (Å²) in [5, 5.41) is 47.7. The van der Waals surface area contributed by atoms with Crippen molar-refractivity contribution in [3.05, 3.63) is 83.5 Å². The number of fused-ring (bicyclic) bond motifs is 1. The fourth-order valence-electron chi connectivity index (χ4n) is 8.21. The van der Waals surface area contributed by atoms with Gasteiger partial charge in [0.15, 0.2) is 17.0 Å². The highest BCUT2D eigenvalue weighted by Crippen LogP contribution is 2.40. The third kappa shape index (κ3) is 8.10. The van der Waals surface area contributed by atoms with Gasteiger partial charge in [-0.1, -0.05) is 54.9 Å². The molecule has 17 heteroatoms. The van der Waals surface area contributed by atoms with Crippen LogP contribution in [0.3, 0.4) is 0 Å². The van der Waals surface area contributed by atoms with Crippen molar-refractivity contribution in [1.82, 2.24) is 44.9 Å². The monoisotopic (exact) mass is 784 g/mol. The lowest BCUT2D eigenvalue weighted by molar-refractivity contribution is 0.00721. The first kappa shape index (κ1) is 37.9. The third-order valence-corrected chi connectivity index (χ3v) is 11.5. The number of hydrogen-bond acceptors (Lipinski definition) is 12. The van der Waals surface area contributed by atoms with E-state index < -0.39 is 24.3 Å². The van der Waals surface area contributed by atoms with Crippen molar-refractivity contribution in [3.8, 4) is 0 Å². The van der Waals surface area contributed by atoms with E-state index in [0.29, 0.717) is 60.4 Å². The minimum absolute atomic E-state index is 0.0454. The van der Waals surface area contributed by atoms with E-state index in [4.69, 9.17) is 26.6 Å². The Hall–Kier alpha value is -5.03. The van der Waals surface area contributed by atoms with Crippen molar-refractivity contribution >= 4 is 46.4 Å². The Labute approximate surface area is 329 Å². The Kier molecular flexibility index (Phi) is 11.2. The molecule has 6 N–H and O–H groups in total. The normalized spacial score (nSPS) is 23.5. The molecule has 1 aliphatic carbocycles. The number of rotatable bonds is 12. The van der Waals surface area contributed by atoms with Gasteiger partial charge in [0.1, 0.15) is 23.2 Å². The number of carbonyl (C=O) groups excluding carboxylic acids is 1. The molecule has 2 aliphatic heterocycles. The maximum Gasteiger partial charge on any atom is 0.315 e. The molecule has 3 fully saturated rings. The zero-order valence-corrected chi connectivity index (χ0v) is 32.1. The Bertz CT molecular complexity index is 2110. The van der Waals surface area contributed by atoms with Crippen LogP contribution in [0.1, 0.15) is 55.8 Å². The largest absolute Gasteiger partial charge is 0.394 e. The van der Waals surface area contributed by atoms with Gasteiger partial charge in [-0.05, 0) is 61.8 Å². The number of pyridine rings is 1. The number of benzene rings is 1. The van der Waals surface area contributed by atoms with E-state index in [0.717, 1.165) is 49.3 Å². The average Bonchev–Trinajstić information content (AvgIpc) is 4.03. The topological polar surface area (TPSA) is 195 Å². The number of urea groups is 1. The molecular weight excluding hydrogens is 736 g/mol. The minimum Gasteiger partial charge on any atom is -0.394 e. The Morgan fingerprint density at radius 3 is 2.41 bits per heavy atom. The van der Waals surface area contributed by atoms with E-state index in [1.54, 1.807) is 23.3 Å². The summed E-state index contributed by atoms with van der Waals surface area (Å²) in [6, 6.07) is 13.9. The molecule has 2 amide bonds. The summed E-state index contributed by atoms with van der Waals surface area (Å²) in [7, 11) is 0. The van der Waals surface area contributed by atoms with Crippen molar-refractivity contribution < 1.29 is 20.1 Å². The van der Waals surface area contributed by atoms with Gasteiger partial charge in [0.25, 0.3) is 0 Å². The van der Waals surface area contributed by atoms with E-state index in [1.165, 1.54) is 0 Å².